The highest BCUT2D eigenvalue weighted by Gasteiger charge is 2.58. The van der Waals surface area contributed by atoms with Crippen LogP contribution in [0.2, 0.25) is 0 Å². The number of ether oxygens (including phenoxy) is 15. The average Bonchev–Trinajstić information content (AvgIpc) is 0.967. The van der Waals surface area contributed by atoms with Crippen LogP contribution in [0.5, 0.6) is 0 Å². The quantitative estimate of drug-likeness (QED) is 0.0330. The third kappa shape index (κ3) is 20.4. The van der Waals surface area contributed by atoms with E-state index < -0.39 is 128 Å². The van der Waals surface area contributed by atoms with Crippen LogP contribution in [0, 0.1) is 0 Å². The van der Waals surface area contributed by atoms with Crippen LogP contribution in [0.25, 0.3) is 0 Å². The summed E-state index contributed by atoms with van der Waals surface area (Å²) >= 11 is 0. The summed E-state index contributed by atoms with van der Waals surface area (Å²) in [5.41, 5.74) is 4.99. The minimum atomic E-state index is -1.68. The van der Waals surface area contributed by atoms with Gasteiger partial charge in [0.05, 0.1) is 52.9 Å². The molecule has 3 heterocycles. The van der Waals surface area contributed by atoms with Crippen LogP contribution in [0.3, 0.4) is 0 Å². The molecule has 6 aromatic carbocycles. The first-order valence-electron chi connectivity index (χ1n) is 30.3. The van der Waals surface area contributed by atoms with E-state index in [2.05, 4.69) is 5.32 Å². The van der Waals surface area contributed by atoms with Crippen molar-refractivity contribution in [3.8, 4) is 0 Å². The van der Waals surface area contributed by atoms with E-state index in [4.69, 9.17) is 71.1 Å². The highest BCUT2D eigenvalue weighted by atomic mass is 16.8. The van der Waals surface area contributed by atoms with E-state index in [0.717, 1.165) is 41.7 Å². The molecule has 21 heteroatoms. The Morgan fingerprint density at radius 2 is 0.659 bits per heavy atom. The number of carbonyl (C=O) groups is 5. The number of amides is 1. The van der Waals surface area contributed by atoms with Gasteiger partial charge in [0.25, 0.3) is 0 Å². The maximum Gasteiger partial charge on any atom is 0.303 e. The zero-order valence-corrected chi connectivity index (χ0v) is 51.5. The number of hydrogen-bond acceptors (Lipinski definition) is 20. The van der Waals surface area contributed by atoms with E-state index in [1.807, 2.05) is 182 Å². The Morgan fingerprint density at radius 3 is 1.08 bits per heavy atom. The molecule has 0 aliphatic carbocycles. The summed E-state index contributed by atoms with van der Waals surface area (Å²) in [6, 6.07) is 55.8. The lowest BCUT2D eigenvalue weighted by atomic mass is 9.94. The summed E-state index contributed by atoms with van der Waals surface area (Å²) in [4.78, 5) is 65.5. The second-order valence-corrected chi connectivity index (χ2v) is 22.2. The fourth-order valence-corrected chi connectivity index (χ4v) is 11.0. The van der Waals surface area contributed by atoms with Crippen LogP contribution in [0.15, 0.2) is 182 Å². The van der Waals surface area contributed by atoms with E-state index in [1.165, 1.54) is 20.8 Å². The SMILES string of the molecule is CC(=O)N[C@H]1[C@H](O[C@@H]2[C@H](OC(C)=O)[C@@H](OCc3ccccc3)[C@H](O[C@H]3[C@H](OCc4ccccc4)[C@@H](OCc4ccccc4)[C@H](OCc4ccccc4)O[C@@H]3COCc3ccccc3)O[C@@H]2COCc2ccccc2)O[C@H](COC(C)=O)[C@@H](OC(C)=O)[C@@H]1OC(C)=O. The van der Waals surface area contributed by atoms with Crippen molar-refractivity contribution in [1.82, 2.24) is 5.32 Å². The maximum atomic E-state index is 13.9. The Balaban J connectivity index is 1.17. The summed E-state index contributed by atoms with van der Waals surface area (Å²) in [5, 5.41) is 2.77. The topological polar surface area (TPSA) is 236 Å². The summed E-state index contributed by atoms with van der Waals surface area (Å²) in [6.45, 7) is 5.45. The first-order valence-corrected chi connectivity index (χ1v) is 30.3. The van der Waals surface area contributed by atoms with Gasteiger partial charge in [0.15, 0.2) is 37.2 Å². The van der Waals surface area contributed by atoms with Gasteiger partial charge in [-0.2, -0.15) is 0 Å². The van der Waals surface area contributed by atoms with E-state index in [0.29, 0.717) is 5.56 Å². The number of rotatable bonds is 30. The molecule has 21 nitrogen and oxygen atoms in total. The number of nitrogens with one attached hydrogen (secondary N) is 1. The highest BCUT2D eigenvalue weighted by molar-refractivity contribution is 5.74. The van der Waals surface area contributed by atoms with Gasteiger partial charge in [0.2, 0.25) is 5.91 Å². The monoisotopic (exact) mass is 1250 g/mol. The summed E-state index contributed by atoms with van der Waals surface area (Å²) in [7, 11) is 0. The fourth-order valence-electron chi connectivity index (χ4n) is 11.0. The Hall–Kier alpha value is -7.77. The van der Waals surface area contributed by atoms with Gasteiger partial charge in [-0.25, -0.2) is 0 Å². The molecule has 1 N–H and O–H groups in total. The van der Waals surface area contributed by atoms with Crippen LogP contribution < -0.4 is 5.32 Å². The molecule has 0 saturated carbocycles. The first kappa shape index (κ1) is 67.6. The van der Waals surface area contributed by atoms with Crippen molar-refractivity contribution in [2.24, 2.45) is 0 Å². The number of benzene rings is 6. The van der Waals surface area contributed by atoms with Gasteiger partial charge in [0.1, 0.15) is 61.5 Å². The average molecular weight is 1250 g/mol. The van der Waals surface area contributed by atoms with Crippen molar-refractivity contribution in [3.05, 3.63) is 215 Å². The van der Waals surface area contributed by atoms with Crippen molar-refractivity contribution in [2.45, 2.75) is 166 Å². The van der Waals surface area contributed by atoms with E-state index in [1.54, 1.807) is 0 Å². The minimum absolute atomic E-state index is 0.0695. The molecule has 6 aromatic rings. The first-order chi connectivity index (χ1) is 44.2. The van der Waals surface area contributed by atoms with Gasteiger partial charge < -0.3 is 76.4 Å². The number of esters is 4. The molecule has 3 aliphatic rings. The highest BCUT2D eigenvalue weighted by Crippen LogP contribution is 2.39. The third-order valence-electron chi connectivity index (χ3n) is 15.0. The van der Waals surface area contributed by atoms with Gasteiger partial charge in [-0.1, -0.05) is 182 Å². The van der Waals surface area contributed by atoms with Crippen molar-refractivity contribution in [2.75, 3.05) is 19.8 Å². The Kier molecular flexibility index (Phi) is 25.7. The predicted molar refractivity (Wildman–Crippen MR) is 325 cm³/mol. The van der Waals surface area contributed by atoms with Crippen molar-refractivity contribution in [3.63, 3.8) is 0 Å². The largest absolute Gasteiger partial charge is 0.463 e. The van der Waals surface area contributed by atoms with E-state index in [-0.39, 0.29) is 52.9 Å². The molecule has 91 heavy (non-hydrogen) atoms. The summed E-state index contributed by atoms with van der Waals surface area (Å²) in [6.07, 6.45) is -18.6. The van der Waals surface area contributed by atoms with E-state index in [9.17, 15) is 24.0 Å². The zero-order chi connectivity index (χ0) is 63.9. The van der Waals surface area contributed by atoms with Crippen LogP contribution in [0.1, 0.15) is 68.0 Å². The summed E-state index contributed by atoms with van der Waals surface area (Å²) < 4.78 is 99.8. The van der Waals surface area contributed by atoms with Crippen LogP contribution >= 0.6 is 0 Å². The normalized spacial score (nSPS) is 26.4. The Bertz CT molecular complexity index is 3170. The lowest BCUT2D eigenvalue weighted by Crippen LogP contribution is -2.70. The lowest BCUT2D eigenvalue weighted by Gasteiger charge is -2.51. The van der Waals surface area contributed by atoms with Crippen molar-refractivity contribution in [1.29, 1.82) is 0 Å². The Labute approximate surface area is 529 Å². The van der Waals surface area contributed by atoms with Gasteiger partial charge in [-0.3, -0.25) is 24.0 Å². The molecule has 0 radical (unpaired) electrons. The summed E-state index contributed by atoms with van der Waals surface area (Å²) in [5.74, 6) is -3.74. The smallest absolute Gasteiger partial charge is 0.303 e. The number of hydrogen-bond donors (Lipinski definition) is 1. The molecular weight excluding hydrogens is 1170 g/mol. The predicted octanol–water partition coefficient (Wildman–Crippen LogP) is 8.20. The molecule has 9 rings (SSSR count). The maximum absolute atomic E-state index is 13.9. The molecule has 0 aromatic heterocycles. The van der Waals surface area contributed by atoms with Crippen molar-refractivity contribution < 1.29 is 95.0 Å². The lowest BCUT2D eigenvalue weighted by molar-refractivity contribution is -0.385. The standard InChI is InChI=1S/C70H79NO20/c1-45(72)71-59-63(85-48(4)75)60(84-47(3)74)58(44-79-46(2)73)87-68(59)90-62-57(43-78-37-51-26-14-7-15-27-51)89-70(67(65(62)86-49(5)76)82-40-54-32-20-10-21-33-54)91-61-56(42-77-36-50-24-12-6-13-25-50)88-69(83-41-55-34-22-11-23-35-55)66(81-39-53-30-18-9-19-31-53)64(61)80-38-52-28-16-8-17-29-52/h6-35,56-70H,36-44H2,1-5H3,(H,71,72)/t56-,57-,58-,59-,60-,61-,62+,63-,64+,65+,66-,67-,68+,69-,70+/m1/s1. The molecule has 0 spiro atoms. The molecule has 3 aliphatic heterocycles. The Morgan fingerprint density at radius 1 is 0.330 bits per heavy atom. The van der Waals surface area contributed by atoms with E-state index >= 15 is 0 Å². The third-order valence-corrected chi connectivity index (χ3v) is 15.0. The van der Waals surface area contributed by atoms with Gasteiger partial charge in [0, 0.05) is 34.6 Å². The fraction of sp³-hybridized carbons (Fsp3) is 0.414. The molecule has 0 unspecified atom stereocenters. The molecule has 15 atom stereocenters. The molecule has 3 fully saturated rings. The van der Waals surface area contributed by atoms with Crippen LogP contribution in [-0.4, -0.2) is 142 Å². The molecule has 3 saturated heterocycles. The van der Waals surface area contributed by atoms with Gasteiger partial charge >= 0.3 is 23.9 Å². The number of carbonyl (C=O) groups excluding carboxylic acids is 5. The molecule has 0 bridgehead atoms. The van der Waals surface area contributed by atoms with Gasteiger partial charge in [-0.05, 0) is 33.4 Å². The second kappa shape index (κ2) is 34.6. The minimum Gasteiger partial charge on any atom is -0.463 e. The van der Waals surface area contributed by atoms with Crippen molar-refractivity contribution >= 4 is 29.8 Å². The molecule has 1 amide bonds. The van der Waals surface area contributed by atoms with Gasteiger partial charge in [-0.15, -0.1) is 0 Å². The zero-order valence-electron chi connectivity index (χ0n) is 51.5. The molecular formula is C70H79NO20. The molecule has 484 valence electrons. The second-order valence-electron chi connectivity index (χ2n) is 22.2. The van der Waals surface area contributed by atoms with Crippen LogP contribution in [0.4, 0.5) is 0 Å². The van der Waals surface area contributed by atoms with Crippen LogP contribution in [-0.2, 0) is 135 Å².